The van der Waals surface area contributed by atoms with Gasteiger partial charge in [0.05, 0.1) is 12.2 Å². The van der Waals surface area contributed by atoms with E-state index >= 15 is 0 Å². The van der Waals surface area contributed by atoms with E-state index in [1.807, 2.05) is 19.1 Å². The Morgan fingerprint density at radius 3 is 2.67 bits per heavy atom. The molecule has 1 unspecified atom stereocenters. The number of ether oxygens (including phenoxy) is 2. The topological polar surface area (TPSA) is 44.5 Å². The van der Waals surface area contributed by atoms with Crippen LogP contribution in [-0.4, -0.2) is 25.4 Å². The summed E-state index contributed by atoms with van der Waals surface area (Å²) < 4.78 is 11.1. The number of hydrogen-bond donors (Lipinski definition) is 1. The summed E-state index contributed by atoms with van der Waals surface area (Å²) in [4.78, 5) is 0. The first kappa shape index (κ1) is 15.0. The molecule has 0 aliphatic carbocycles. The van der Waals surface area contributed by atoms with Gasteiger partial charge in [-0.25, -0.2) is 0 Å². The van der Waals surface area contributed by atoms with Gasteiger partial charge in [0, 0.05) is 19.6 Å². The Bertz CT molecular complexity index is 361. The van der Waals surface area contributed by atoms with E-state index in [1.165, 1.54) is 5.56 Å². The lowest BCUT2D eigenvalue weighted by molar-refractivity contribution is 0.00545. The summed E-state index contributed by atoms with van der Waals surface area (Å²) >= 11 is 0. The lowest BCUT2D eigenvalue weighted by Gasteiger charge is -2.22. The average Bonchev–Trinajstić information content (AvgIpc) is 2.28. The van der Waals surface area contributed by atoms with E-state index < -0.39 is 0 Å². The molecular formula is C15H25NO2. The minimum Gasteiger partial charge on any atom is -0.493 e. The van der Waals surface area contributed by atoms with Crippen molar-refractivity contribution in [2.75, 3.05) is 13.7 Å². The van der Waals surface area contributed by atoms with Crippen molar-refractivity contribution in [3.8, 4) is 5.75 Å². The van der Waals surface area contributed by atoms with Crippen LogP contribution in [0, 0.1) is 0 Å². The summed E-state index contributed by atoms with van der Waals surface area (Å²) in [7, 11) is 1.73. The first-order chi connectivity index (χ1) is 8.43. The Morgan fingerprint density at radius 1 is 1.33 bits per heavy atom. The predicted molar refractivity (Wildman–Crippen MR) is 75.0 cm³/mol. The highest BCUT2D eigenvalue weighted by atomic mass is 16.5. The Kier molecular flexibility index (Phi) is 5.63. The van der Waals surface area contributed by atoms with Gasteiger partial charge in [-0.3, -0.25) is 0 Å². The average molecular weight is 251 g/mol. The fraction of sp³-hybridized carbons (Fsp3) is 0.600. The SMILES string of the molecule is COC(C)(C)CCOc1cccc(CC(C)N)c1. The van der Waals surface area contributed by atoms with E-state index in [4.69, 9.17) is 15.2 Å². The van der Waals surface area contributed by atoms with Crippen molar-refractivity contribution in [3.63, 3.8) is 0 Å². The van der Waals surface area contributed by atoms with Crippen LogP contribution in [0.3, 0.4) is 0 Å². The van der Waals surface area contributed by atoms with Crippen molar-refractivity contribution in [3.05, 3.63) is 29.8 Å². The van der Waals surface area contributed by atoms with Crippen molar-refractivity contribution in [2.24, 2.45) is 5.73 Å². The largest absolute Gasteiger partial charge is 0.493 e. The van der Waals surface area contributed by atoms with Gasteiger partial charge < -0.3 is 15.2 Å². The third-order valence-corrected chi connectivity index (χ3v) is 2.98. The summed E-state index contributed by atoms with van der Waals surface area (Å²) in [6.07, 6.45) is 1.74. The summed E-state index contributed by atoms with van der Waals surface area (Å²) in [5.74, 6) is 0.903. The molecule has 0 radical (unpaired) electrons. The number of hydrogen-bond acceptors (Lipinski definition) is 3. The second-order valence-electron chi connectivity index (χ2n) is 5.39. The van der Waals surface area contributed by atoms with Gasteiger partial charge in [0.15, 0.2) is 0 Å². The molecule has 1 atom stereocenters. The molecule has 0 saturated heterocycles. The maximum absolute atomic E-state index is 5.79. The molecule has 0 amide bonds. The van der Waals surface area contributed by atoms with Crippen molar-refractivity contribution < 1.29 is 9.47 Å². The van der Waals surface area contributed by atoms with Crippen molar-refractivity contribution in [1.82, 2.24) is 0 Å². The minimum atomic E-state index is -0.136. The van der Waals surface area contributed by atoms with Crippen molar-refractivity contribution in [1.29, 1.82) is 0 Å². The zero-order valence-corrected chi connectivity index (χ0v) is 11.9. The molecular weight excluding hydrogens is 226 g/mol. The van der Waals surface area contributed by atoms with Gasteiger partial charge in [0.1, 0.15) is 5.75 Å². The number of nitrogens with two attached hydrogens (primary N) is 1. The molecule has 18 heavy (non-hydrogen) atoms. The van der Waals surface area contributed by atoms with Crippen LogP contribution in [0.1, 0.15) is 32.8 Å². The van der Waals surface area contributed by atoms with Crippen LogP contribution in [0.15, 0.2) is 24.3 Å². The highest BCUT2D eigenvalue weighted by molar-refractivity contribution is 5.29. The molecule has 0 aromatic heterocycles. The smallest absolute Gasteiger partial charge is 0.119 e. The minimum absolute atomic E-state index is 0.136. The number of benzene rings is 1. The molecule has 0 heterocycles. The van der Waals surface area contributed by atoms with E-state index in [2.05, 4.69) is 26.0 Å². The Balaban J connectivity index is 2.47. The maximum Gasteiger partial charge on any atom is 0.119 e. The van der Waals surface area contributed by atoms with E-state index in [0.29, 0.717) is 6.61 Å². The fourth-order valence-electron chi connectivity index (χ4n) is 1.65. The van der Waals surface area contributed by atoms with Crippen LogP contribution in [0.4, 0.5) is 0 Å². The lowest BCUT2D eigenvalue weighted by Crippen LogP contribution is -2.25. The van der Waals surface area contributed by atoms with Gasteiger partial charge in [-0.1, -0.05) is 12.1 Å². The normalized spacial score (nSPS) is 13.4. The number of methoxy groups -OCH3 is 1. The lowest BCUT2D eigenvalue weighted by atomic mass is 10.1. The molecule has 0 aliphatic heterocycles. The van der Waals surface area contributed by atoms with Crippen LogP contribution in [0.25, 0.3) is 0 Å². The fourth-order valence-corrected chi connectivity index (χ4v) is 1.65. The number of rotatable bonds is 7. The second kappa shape index (κ2) is 6.76. The van der Waals surface area contributed by atoms with Gasteiger partial charge in [-0.2, -0.15) is 0 Å². The summed E-state index contributed by atoms with van der Waals surface area (Å²) in [6.45, 7) is 6.78. The predicted octanol–water partition coefficient (Wildman–Crippen LogP) is 2.77. The molecule has 3 heteroatoms. The molecule has 0 spiro atoms. The molecule has 1 aromatic rings. The standard InChI is InChI=1S/C15H25NO2/c1-12(16)10-13-6-5-7-14(11-13)18-9-8-15(2,3)17-4/h5-7,11-12H,8-10,16H2,1-4H3. The Labute approximate surface area is 110 Å². The highest BCUT2D eigenvalue weighted by Gasteiger charge is 2.15. The molecule has 3 nitrogen and oxygen atoms in total. The van der Waals surface area contributed by atoms with E-state index in [0.717, 1.165) is 18.6 Å². The van der Waals surface area contributed by atoms with Crippen LogP contribution in [0.2, 0.25) is 0 Å². The first-order valence-electron chi connectivity index (χ1n) is 6.45. The van der Waals surface area contributed by atoms with Crippen LogP contribution in [0.5, 0.6) is 5.75 Å². The maximum atomic E-state index is 5.79. The molecule has 0 fully saturated rings. The van der Waals surface area contributed by atoms with E-state index in [9.17, 15) is 0 Å². The van der Waals surface area contributed by atoms with Crippen molar-refractivity contribution in [2.45, 2.75) is 45.3 Å². The van der Waals surface area contributed by atoms with Gasteiger partial charge in [-0.05, 0) is 44.9 Å². The van der Waals surface area contributed by atoms with E-state index in [-0.39, 0.29) is 11.6 Å². The quantitative estimate of drug-likeness (QED) is 0.810. The molecule has 1 aromatic carbocycles. The van der Waals surface area contributed by atoms with Crippen molar-refractivity contribution >= 4 is 0 Å². The summed E-state index contributed by atoms with van der Waals surface area (Å²) in [5, 5.41) is 0. The zero-order valence-electron chi connectivity index (χ0n) is 11.9. The first-order valence-corrected chi connectivity index (χ1v) is 6.45. The van der Waals surface area contributed by atoms with Gasteiger partial charge in [0.25, 0.3) is 0 Å². The van der Waals surface area contributed by atoms with Gasteiger partial charge in [-0.15, -0.1) is 0 Å². The Hall–Kier alpha value is -1.06. The monoisotopic (exact) mass is 251 g/mol. The molecule has 0 saturated carbocycles. The summed E-state index contributed by atoms with van der Waals surface area (Å²) in [6, 6.07) is 8.30. The van der Waals surface area contributed by atoms with Gasteiger partial charge in [0.2, 0.25) is 0 Å². The molecule has 102 valence electrons. The Morgan fingerprint density at radius 2 is 2.06 bits per heavy atom. The summed E-state index contributed by atoms with van der Waals surface area (Å²) in [5.41, 5.74) is 6.87. The third kappa shape index (κ3) is 5.52. The van der Waals surface area contributed by atoms with E-state index in [1.54, 1.807) is 7.11 Å². The third-order valence-electron chi connectivity index (χ3n) is 2.98. The highest BCUT2D eigenvalue weighted by Crippen LogP contribution is 2.17. The van der Waals surface area contributed by atoms with Crippen LogP contribution >= 0.6 is 0 Å². The molecule has 1 rings (SSSR count). The molecule has 2 N–H and O–H groups in total. The van der Waals surface area contributed by atoms with Gasteiger partial charge >= 0.3 is 0 Å². The molecule has 0 bridgehead atoms. The second-order valence-corrected chi connectivity index (χ2v) is 5.39. The van der Waals surface area contributed by atoms with Crippen LogP contribution < -0.4 is 10.5 Å². The molecule has 0 aliphatic rings. The van der Waals surface area contributed by atoms with Crippen LogP contribution in [-0.2, 0) is 11.2 Å². The zero-order chi connectivity index (χ0) is 13.6.